The molecule has 2 fully saturated rings. The van der Waals surface area contributed by atoms with Gasteiger partial charge in [-0.1, -0.05) is 42.8 Å². The van der Waals surface area contributed by atoms with Gasteiger partial charge in [0.15, 0.2) is 0 Å². The number of hydrogen-bond donors (Lipinski definition) is 1. The van der Waals surface area contributed by atoms with Crippen LogP contribution >= 0.6 is 0 Å². The molecule has 2 N–H and O–H groups in total. The third kappa shape index (κ3) is 5.81. The van der Waals surface area contributed by atoms with Crippen molar-refractivity contribution >= 4 is 5.91 Å². The van der Waals surface area contributed by atoms with E-state index in [1.165, 1.54) is 36.4 Å². The van der Waals surface area contributed by atoms with E-state index in [4.69, 9.17) is 11.0 Å². The number of halogens is 6. The maximum absolute atomic E-state index is 12.3. The highest BCUT2D eigenvalue weighted by molar-refractivity contribution is 5.88. The van der Waals surface area contributed by atoms with Crippen LogP contribution in [-0.2, 0) is 15.6 Å². The van der Waals surface area contributed by atoms with Crippen molar-refractivity contribution in [3.05, 3.63) is 59.7 Å². The van der Waals surface area contributed by atoms with E-state index in [2.05, 4.69) is 15.5 Å². The normalized spacial score (nSPS) is 18.0. The van der Waals surface area contributed by atoms with Gasteiger partial charge < -0.3 is 15.2 Å². The molecule has 0 bridgehead atoms. The molecule has 35 heavy (non-hydrogen) atoms. The van der Waals surface area contributed by atoms with Gasteiger partial charge in [-0.15, -0.1) is 26.3 Å². The molecule has 0 aliphatic heterocycles. The largest absolute Gasteiger partial charge is 0.573 e. The summed E-state index contributed by atoms with van der Waals surface area (Å²) in [6.45, 7) is 0. The van der Waals surface area contributed by atoms with Crippen LogP contribution in [0.3, 0.4) is 0 Å². The first-order chi connectivity index (χ1) is 16.3. The van der Waals surface area contributed by atoms with Gasteiger partial charge in [0.1, 0.15) is 11.5 Å². The molecule has 5 nitrogen and oxygen atoms in total. The summed E-state index contributed by atoms with van der Waals surface area (Å²) < 4.78 is 81.5. The lowest BCUT2D eigenvalue weighted by Gasteiger charge is -2.40. The van der Waals surface area contributed by atoms with Crippen molar-refractivity contribution in [3.8, 4) is 17.6 Å². The fourth-order valence-electron chi connectivity index (χ4n) is 4.30. The zero-order valence-corrected chi connectivity index (χ0v) is 18.4. The molecule has 2 aromatic carbocycles. The standard InChI is InChI=1S/C12H12F3NO2.C12H10F3NO/c13-12(14,15)18-9-5-2-1-4-8(9)11(10(16)17)6-3-7-11;13-12(14,15)17-10-5-2-1-4-9(10)11(8-16)6-3-7-11/h1-2,4-5H,3,6-7H2,(H2,16,17);1-2,4-5H,3,6-7H2. The molecule has 2 aliphatic rings. The molecule has 0 aromatic heterocycles. The molecule has 0 heterocycles. The van der Waals surface area contributed by atoms with Gasteiger partial charge in [0.2, 0.25) is 5.91 Å². The Morgan fingerprint density at radius 3 is 1.57 bits per heavy atom. The zero-order chi connectivity index (χ0) is 25.9. The zero-order valence-electron chi connectivity index (χ0n) is 18.4. The summed E-state index contributed by atoms with van der Waals surface area (Å²) in [5.41, 5.74) is 4.07. The minimum absolute atomic E-state index is 0.223. The summed E-state index contributed by atoms with van der Waals surface area (Å²) in [4.78, 5) is 11.5. The van der Waals surface area contributed by atoms with Crippen LogP contribution in [0.5, 0.6) is 11.5 Å². The maximum Gasteiger partial charge on any atom is 0.573 e. The van der Waals surface area contributed by atoms with Crippen LogP contribution in [0.25, 0.3) is 0 Å². The highest BCUT2D eigenvalue weighted by Gasteiger charge is 2.47. The topological polar surface area (TPSA) is 85.3 Å². The lowest BCUT2D eigenvalue weighted by Crippen LogP contribution is -2.47. The highest BCUT2D eigenvalue weighted by atomic mass is 19.4. The van der Waals surface area contributed by atoms with Crippen molar-refractivity contribution in [1.82, 2.24) is 0 Å². The number of carbonyl (C=O) groups excluding carboxylic acids is 1. The Hall–Kier alpha value is -3.42. The van der Waals surface area contributed by atoms with E-state index in [1.807, 2.05) is 0 Å². The van der Waals surface area contributed by atoms with E-state index < -0.39 is 29.5 Å². The molecule has 2 saturated carbocycles. The van der Waals surface area contributed by atoms with Gasteiger partial charge in [0.05, 0.1) is 16.9 Å². The van der Waals surface area contributed by atoms with Crippen molar-refractivity contribution in [3.63, 3.8) is 0 Å². The molecule has 0 radical (unpaired) electrons. The Bertz CT molecular complexity index is 1100. The lowest BCUT2D eigenvalue weighted by atomic mass is 9.63. The molecule has 0 atom stereocenters. The van der Waals surface area contributed by atoms with Gasteiger partial charge in [-0.3, -0.25) is 4.79 Å². The van der Waals surface area contributed by atoms with E-state index in [0.29, 0.717) is 31.2 Å². The van der Waals surface area contributed by atoms with Crippen molar-refractivity contribution in [2.75, 3.05) is 0 Å². The number of primary amides is 1. The molecule has 0 saturated heterocycles. The molecule has 188 valence electrons. The second-order valence-electron chi connectivity index (χ2n) is 8.44. The van der Waals surface area contributed by atoms with Crippen LogP contribution in [0, 0.1) is 11.3 Å². The first-order valence-electron chi connectivity index (χ1n) is 10.7. The number of benzene rings is 2. The number of ether oxygens (including phenoxy) is 2. The molecule has 0 unspecified atom stereocenters. The van der Waals surface area contributed by atoms with Crippen LogP contribution in [0.4, 0.5) is 26.3 Å². The summed E-state index contributed by atoms with van der Waals surface area (Å²) in [6, 6.07) is 13.6. The second kappa shape index (κ2) is 9.68. The van der Waals surface area contributed by atoms with Crippen LogP contribution in [-0.4, -0.2) is 18.6 Å². The molecular formula is C24H22F6N2O3. The van der Waals surface area contributed by atoms with Gasteiger partial charge in [0, 0.05) is 11.1 Å². The fraction of sp³-hybridized carbons (Fsp3) is 0.417. The molecule has 1 amide bonds. The average Bonchev–Trinajstić information content (AvgIpc) is 2.67. The number of amides is 1. The van der Waals surface area contributed by atoms with Crippen molar-refractivity contribution in [2.45, 2.75) is 62.1 Å². The SMILES string of the molecule is N#CC1(c2ccccc2OC(F)(F)F)CCC1.NC(=O)C1(c2ccccc2OC(F)(F)F)CCC1. The Balaban J connectivity index is 0.000000196. The summed E-state index contributed by atoms with van der Waals surface area (Å²) in [6.07, 6.45) is -5.79. The van der Waals surface area contributed by atoms with Crippen molar-refractivity contribution in [1.29, 1.82) is 5.26 Å². The predicted molar refractivity (Wildman–Crippen MR) is 112 cm³/mol. The number of alkyl halides is 6. The molecule has 2 aliphatic carbocycles. The Kier molecular flexibility index (Phi) is 7.24. The number of para-hydroxylation sites is 2. The maximum atomic E-state index is 12.3. The fourth-order valence-corrected chi connectivity index (χ4v) is 4.30. The van der Waals surface area contributed by atoms with Crippen LogP contribution < -0.4 is 15.2 Å². The Labute approximate surface area is 197 Å². The van der Waals surface area contributed by atoms with Crippen LogP contribution in [0.1, 0.15) is 49.7 Å². The number of nitrogens with zero attached hydrogens (tertiary/aromatic N) is 1. The number of carbonyl (C=O) groups is 1. The van der Waals surface area contributed by atoms with Crippen molar-refractivity contribution < 1.29 is 40.6 Å². The summed E-state index contributed by atoms with van der Waals surface area (Å²) in [5, 5.41) is 9.13. The number of rotatable bonds is 5. The molecule has 0 spiro atoms. The van der Waals surface area contributed by atoms with Gasteiger partial charge >= 0.3 is 12.7 Å². The van der Waals surface area contributed by atoms with Gasteiger partial charge in [-0.25, -0.2) is 0 Å². The van der Waals surface area contributed by atoms with Crippen LogP contribution in [0.15, 0.2) is 48.5 Å². The first-order valence-corrected chi connectivity index (χ1v) is 10.7. The predicted octanol–water partition coefficient (Wildman–Crippen LogP) is 6.02. The molecule has 2 aromatic rings. The smallest absolute Gasteiger partial charge is 0.405 e. The Morgan fingerprint density at radius 1 is 0.800 bits per heavy atom. The molecular weight excluding hydrogens is 478 g/mol. The third-order valence-corrected chi connectivity index (χ3v) is 6.36. The van der Waals surface area contributed by atoms with Gasteiger partial charge in [-0.05, 0) is 44.2 Å². The number of hydrogen-bond acceptors (Lipinski definition) is 4. The van der Waals surface area contributed by atoms with E-state index in [0.717, 1.165) is 12.8 Å². The summed E-state index contributed by atoms with van der Waals surface area (Å²) >= 11 is 0. The number of nitriles is 1. The van der Waals surface area contributed by atoms with Gasteiger partial charge in [0.25, 0.3) is 0 Å². The first kappa shape index (κ1) is 26.2. The number of nitrogens with two attached hydrogens (primary N) is 1. The Morgan fingerprint density at radius 2 is 1.23 bits per heavy atom. The second-order valence-corrected chi connectivity index (χ2v) is 8.44. The highest BCUT2D eigenvalue weighted by Crippen LogP contribution is 2.48. The van der Waals surface area contributed by atoms with Crippen LogP contribution in [0.2, 0.25) is 0 Å². The van der Waals surface area contributed by atoms with Crippen molar-refractivity contribution in [2.24, 2.45) is 5.73 Å². The lowest BCUT2D eigenvalue weighted by molar-refractivity contribution is -0.276. The van der Waals surface area contributed by atoms with E-state index in [-0.39, 0.29) is 17.1 Å². The third-order valence-electron chi connectivity index (χ3n) is 6.36. The summed E-state index contributed by atoms with van der Waals surface area (Å²) in [7, 11) is 0. The molecule has 11 heteroatoms. The van der Waals surface area contributed by atoms with Gasteiger partial charge in [-0.2, -0.15) is 5.26 Å². The minimum Gasteiger partial charge on any atom is -0.405 e. The molecule has 4 rings (SSSR count). The summed E-state index contributed by atoms with van der Waals surface area (Å²) in [5.74, 6) is -1.21. The van der Waals surface area contributed by atoms with E-state index in [9.17, 15) is 31.1 Å². The minimum atomic E-state index is -4.78. The van der Waals surface area contributed by atoms with E-state index in [1.54, 1.807) is 12.1 Å². The quantitative estimate of drug-likeness (QED) is 0.509. The van der Waals surface area contributed by atoms with E-state index >= 15 is 0 Å². The average molecular weight is 500 g/mol. The monoisotopic (exact) mass is 500 g/mol.